The molecule has 1 N–H and O–H groups in total. The maximum atomic E-state index is 12.0. The minimum absolute atomic E-state index is 0.0614. The van der Waals surface area contributed by atoms with Crippen molar-refractivity contribution in [1.29, 1.82) is 0 Å². The fourth-order valence-electron chi connectivity index (χ4n) is 3.87. The molecule has 2 aromatic rings. The van der Waals surface area contributed by atoms with Gasteiger partial charge in [-0.1, -0.05) is 42.0 Å². The summed E-state index contributed by atoms with van der Waals surface area (Å²) in [7, 11) is 0. The standard InChI is InChI=1S/C25H32N2O3/c1-20-5-11-23(12-6-20)27-18-16-26(17-19-27)15-3-2-4-21-7-9-22(10-8-21)24(28)13-14-25(29)30/h5-12H,2-4,13-19H2,1H3,(H,29,30). The second kappa shape index (κ2) is 10.9. The zero-order valence-corrected chi connectivity index (χ0v) is 17.8. The van der Waals surface area contributed by atoms with Gasteiger partial charge in [0.25, 0.3) is 0 Å². The molecule has 2 aromatic carbocycles. The smallest absolute Gasteiger partial charge is 0.303 e. The van der Waals surface area contributed by atoms with Crippen LogP contribution in [-0.4, -0.2) is 54.5 Å². The van der Waals surface area contributed by atoms with Crippen LogP contribution in [-0.2, 0) is 11.2 Å². The third kappa shape index (κ3) is 6.70. The maximum Gasteiger partial charge on any atom is 0.303 e. The Hall–Kier alpha value is -2.66. The molecule has 0 amide bonds. The summed E-state index contributed by atoms with van der Waals surface area (Å²) in [6.45, 7) is 7.65. The fourth-order valence-corrected chi connectivity index (χ4v) is 3.87. The highest BCUT2D eigenvalue weighted by Crippen LogP contribution is 2.17. The van der Waals surface area contributed by atoms with Gasteiger partial charge in [-0.05, 0) is 50.4 Å². The molecule has 0 unspecified atom stereocenters. The normalized spacial score (nSPS) is 14.6. The number of Topliss-reactive ketones (excluding diaryl/α,β-unsaturated/α-hetero) is 1. The number of unbranched alkanes of at least 4 members (excludes halogenated alkanes) is 1. The summed E-state index contributed by atoms with van der Waals surface area (Å²) >= 11 is 0. The molecule has 0 aliphatic carbocycles. The average Bonchev–Trinajstić information content (AvgIpc) is 2.76. The van der Waals surface area contributed by atoms with E-state index in [1.165, 1.54) is 23.2 Å². The van der Waals surface area contributed by atoms with Crippen molar-refractivity contribution in [2.75, 3.05) is 37.6 Å². The number of hydrogen-bond acceptors (Lipinski definition) is 4. The Balaban J connectivity index is 1.33. The molecule has 0 spiro atoms. The van der Waals surface area contributed by atoms with Crippen LogP contribution in [0.15, 0.2) is 48.5 Å². The summed E-state index contributed by atoms with van der Waals surface area (Å²) < 4.78 is 0. The van der Waals surface area contributed by atoms with Crippen LogP contribution in [0, 0.1) is 6.92 Å². The van der Waals surface area contributed by atoms with E-state index in [9.17, 15) is 9.59 Å². The maximum absolute atomic E-state index is 12.0. The summed E-state index contributed by atoms with van der Waals surface area (Å²) in [4.78, 5) is 27.6. The van der Waals surface area contributed by atoms with E-state index < -0.39 is 5.97 Å². The van der Waals surface area contributed by atoms with Crippen molar-refractivity contribution in [1.82, 2.24) is 4.90 Å². The van der Waals surface area contributed by atoms with Crippen LogP contribution in [0.1, 0.15) is 47.2 Å². The van der Waals surface area contributed by atoms with Crippen LogP contribution in [0.4, 0.5) is 5.69 Å². The van der Waals surface area contributed by atoms with Gasteiger partial charge in [0.15, 0.2) is 5.78 Å². The quantitative estimate of drug-likeness (QED) is 0.472. The van der Waals surface area contributed by atoms with Crippen LogP contribution in [0.3, 0.4) is 0 Å². The highest BCUT2D eigenvalue weighted by Gasteiger charge is 2.16. The van der Waals surface area contributed by atoms with Crippen molar-refractivity contribution in [3.8, 4) is 0 Å². The molecule has 5 heteroatoms. The molecule has 30 heavy (non-hydrogen) atoms. The van der Waals surface area contributed by atoms with Gasteiger partial charge in [-0.25, -0.2) is 0 Å². The Kier molecular flexibility index (Phi) is 8.03. The minimum Gasteiger partial charge on any atom is -0.481 e. The minimum atomic E-state index is -0.934. The van der Waals surface area contributed by atoms with Crippen molar-refractivity contribution < 1.29 is 14.7 Å². The number of carbonyl (C=O) groups is 2. The van der Waals surface area contributed by atoms with Gasteiger partial charge < -0.3 is 10.0 Å². The van der Waals surface area contributed by atoms with Gasteiger partial charge in [0.2, 0.25) is 0 Å². The zero-order chi connectivity index (χ0) is 21.3. The molecule has 5 nitrogen and oxygen atoms in total. The predicted octanol–water partition coefficient (Wildman–Crippen LogP) is 4.19. The lowest BCUT2D eigenvalue weighted by Crippen LogP contribution is -2.46. The van der Waals surface area contributed by atoms with Crippen molar-refractivity contribution in [3.63, 3.8) is 0 Å². The molecule has 1 saturated heterocycles. The number of carbonyl (C=O) groups excluding carboxylic acids is 1. The number of anilines is 1. The number of benzene rings is 2. The molecule has 0 saturated carbocycles. The molecule has 0 radical (unpaired) electrons. The first-order valence-corrected chi connectivity index (χ1v) is 10.9. The number of aliphatic carboxylic acids is 1. The van der Waals surface area contributed by atoms with E-state index in [0.717, 1.165) is 45.6 Å². The molecule has 1 fully saturated rings. The van der Waals surface area contributed by atoms with Crippen LogP contribution in [0.5, 0.6) is 0 Å². The van der Waals surface area contributed by atoms with Crippen molar-refractivity contribution in [2.45, 2.75) is 39.0 Å². The number of carboxylic acid groups (broad SMARTS) is 1. The average molecular weight is 409 g/mol. The highest BCUT2D eigenvalue weighted by molar-refractivity contribution is 5.97. The number of hydrogen-bond donors (Lipinski definition) is 1. The Morgan fingerprint density at radius 3 is 2.17 bits per heavy atom. The fraction of sp³-hybridized carbons (Fsp3) is 0.440. The van der Waals surface area contributed by atoms with E-state index in [1.807, 2.05) is 24.3 Å². The molecule has 3 rings (SSSR count). The summed E-state index contributed by atoms with van der Waals surface area (Å²) in [5.41, 5.74) is 4.46. The lowest BCUT2D eigenvalue weighted by molar-refractivity contribution is -0.136. The molecule has 0 atom stereocenters. The van der Waals surface area contributed by atoms with E-state index in [1.54, 1.807) is 0 Å². The van der Waals surface area contributed by atoms with Crippen LogP contribution >= 0.6 is 0 Å². The van der Waals surface area contributed by atoms with Crippen LogP contribution in [0.25, 0.3) is 0 Å². The zero-order valence-electron chi connectivity index (χ0n) is 17.8. The topological polar surface area (TPSA) is 60.9 Å². The van der Waals surface area contributed by atoms with Crippen LogP contribution in [0.2, 0.25) is 0 Å². The number of aryl methyl sites for hydroxylation is 2. The van der Waals surface area contributed by atoms with Gasteiger partial charge in [0.05, 0.1) is 6.42 Å². The highest BCUT2D eigenvalue weighted by atomic mass is 16.4. The lowest BCUT2D eigenvalue weighted by atomic mass is 10.0. The van der Waals surface area contributed by atoms with Crippen molar-refractivity contribution in [2.24, 2.45) is 0 Å². The van der Waals surface area contributed by atoms with Gasteiger partial charge in [-0.3, -0.25) is 14.5 Å². The summed E-state index contributed by atoms with van der Waals surface area (Å²) in [5, 5.41) is 8.68. The molecule has 160 valence electrons. The van der Waals surface area contributed by atoms with Gasteiger partial charge in [-0.15, -0.1) is 0 Å². The Morgan fingerprint density at radius 2 is 1.53 bits per heavy atom. The molecule has 1 aliphatic heterocycles. The van der Waals surface area contributed by atoms with E-state index in [4.69, 9.17) is 5.11 Å². The first-order chi connectivity index (χ1) is 14.5. The SMILES string of the molecule is Cc1ccc(N2CCN(CCCCc3ccc(C(=O)CCC(=O)O)cc3)CC2)cc1. The first kappa shape index (κ1) is 22.0. The van der Waals surface area contributed by atoms with Gasteiger partial charge in [-0.2, -0.15) is 0 Å². The number of rotatable bonds is 10. The molecule has 1 aliphatic rings. The first-order valence-electron chi connectivity index (χ1n) is 10.9. The van der Waals surface area contributed by atoms with Crippen molar-refractivity contribution in [3.05, 3.63) is 65.2 Å². The second-order valence-corrected chi connectivity index (χ2v) is 8.14. The molecule has 0 aromatic heterocycles. The predicted molar refractivity (Wildman–Crippen MR) is 120 cm³/mol. The largest absolute Gasteiger partial charge is 0.481 e. The summed E-state index contributed by atoms with van der Waals surface area (Å²) in [6.07, 6.45) is 3.26. The van der Waals surface area contributed by atoms with Crippen molar-refractivity contribution >= 4 is 17.4 Å². The third-order valence-electron chi connectivity index (χ3n) is 5.80. The Labute approximate surface area is 179 Å². The number of nitrogens with zero attached hydrogens (tertiary/aromatic N) is 2. The second-order valence-electron chi connectivity index (χ2n) is 8.14. The van der Waals surface area contributed by atoms with Crippen LogP contribution < -0.4 is 4.90 Å². The van der Waals surface area contributed by atoms with E-state index in [-0.39, 0.29) is 18.6 Å². The van der Waals surface area contributed by atoms with E-state index in [2.05, 4.69) is 41.0 Å². The molecular weight excluding hydrogens is 376 g/mol. The summed E-state index contributed by atoms with van der Waals surface area (Å²) in [5.74, 6) is -1.04. The Morgan fingerprint density at radius 1 is 0.867 bits per heavy atom. The summed E-state index contributed by atoms with van der Waals surface area (Å²) in [6, 6.07) is 16.4. The van der Waals surface area contributed by atoms with E-state index in [0.29, 0.717) is 5.56 Å². The molecule has 0 bridgehead atoms. The van der Waals surface area contributed by atoms with E-state index >= 15 is 0 Å². The Bertz CT molecular complexity index is 822. The van der Waals surface area contributed by atoms with Gasteiger partial charge in [0.1, 0.15) is 0 Å². The molecular formula is C25H32N2O3. The monoisotopic (exact) mass is 408 g/mol. The third-order valence-corrected chi connectivity index (χ3v) is 5.80. The van der Waals surface area contributed by atoms with Gasteiger partial charge in [0, 0.05) is 43.9 Å². The number of piperazine rings is 1. The van der Waals surface area contributed by atoms with Gasteiger partial charge >= 0.3 is 5.97 Å². The molecule has 1 heterocycles. The lowest BCUT2D eigenvalue weighted by Gasteiger charge is -2.36. The number of carboxylic acids is 1. The number of ketones is 1.